The zero-order valence-corrected chi connectivity index (χ0v) is 30.2. The van der Waals surface area contributed by atoms with Crippen molar-refractivity contribution in [3.8, 4) is 62.1 Å². The molecule has 0 aliphatic heterocycles. The second-order valence-electron chi connectivity index (χ2n) is 14.0. The molecule has 11 aromatic rings. The minimum atomic E-state index is 0.567. The van der Waals surface area contributed by atoms with Crippen LogP contribution in [0.3, 0.4) is 0 Å². The summed E-state index contributed by atoms with van der Waals surface area (Å²) < 4.78 is 9.02. The number of hydrogen-bond donors (Lipinski definition) is 0. The summed E-state index contributed by atoms with van der Waals surface area (Å²) in [6.45, 7) is 0. The van der Waals surface area contributed by atoms with Gasteiger partial charge >= 0.3 is 0 Å². The largest absolute Gasteiger partial charge is 0.455 e. The normalized spacial score (nSPS) is 11.6. The lowest BCUT2D eigenvalue weighted by Gasteiger charge is -2.08. The van der Waals surface area contributed by atoms with Gasteiger partial charge in [-0.25, -0.2) is 15.0 Å². The molecule has 0 N–H and O–H groups in total. The van der Waals surface area contributed by atoms with Gasteiger partial charge in [-0.2, -0.15) is 0 Å². The molecule has 0 saturated carbocycles. The number of furan rings is 1. The van der Waals surface area contributed by atoms with Crippen molar-refractivity contribution in [1.29, 1.82) is 0 Å². The van der Waals surface area contributed by atoms with Crippen molar-refractivity contribution >= 4 is 43.7 Å². The van der Waals surface area contributed by atoms with Crippen molar-refractivity contribution in [3.63, 3.8) is 0 Å². The number of rotatable bonds is 6. The molecular formula is C51H32N4O. The summed E-state index contributed by atoms with van der Waals surface area (Å²) in [5.74, 6) is 1.80. The highest BCUT2D eigenvalue weighted by molar-refractivity contribution is 6.13. The molecule has 0 aliphatic carbocycles. The number of para-hydroxylation sites is 2. The monoisotopic (exact) mass is 716 g/mol. The lowest BCUT2D eigenvalue weighted by Crippen LogP contribution is -2.00. The highest BCUT2D eigenvalue weighted by Crippen LogP contribution is 2.40. The first-order valence-electron chi connectivity index (χ1n) is 18.8. The highest BCUT2D eigenvalue weighted by atomic mass is 16.3. The minimum Gasteiger partial charge on any atom is -0.455 e. The van der Waals surface area contributed by atoms with Gasteiger partial charge in [0.25, 0.3) is 0 Å². The fraction of sp³-hybridized carbons (Fsp3) is 0. The van der Waals surface area contributed by atoms with E-state index in [4.69, 9.17) is 19.4 Å². The number of nitrogens with zero attached hydrogens (tertiary/aromatic N) is 4. The molecule has 3 aromatic heterocycles. The van der Waals surface area contributed by atoms with E-state index in [1.165, 1.54) is 32.9 Å². The molecule has 8 aromatic carbocycles. The van der Waals surface area contributed by atoms with E-state index < -0.39 is 0 Å². The molecule has 0 atom stereocenters. The summed E-state index contributed by atoms with van der Waals surface area (Å²) in [5, 5.41) is 4.47. The highest BCUT2D eigenvalue weighted by Gasteiger charge is 2.19. The van der Waals surface area contributed by atoms with Gasteiger partial charge in [-0.1, -0.05) is 140 Å². The molecule has 3 heterocycles. The Morgan fingerprint density at radius 2 is 0.821 bits per heavy atom. The minimum absolute atomic E-state index is 0.567. The molecule has 0 unspecified atom stereocenters. The molecule has 0 saturated heterocycles. The average molecular weight is 717 g/mol. The third kappa shape index (κ3) is 5.37. The summed E-state index contributed by atoms with van der Waals surface area (Å²) in [4.78, 5) is 14.9. The molecule has 11 rings (SSSR count). The van der Waals surface area contributed by atoms with Crippen LogP contribution in [0.1, 0.15) is 0 Å². The molecule has 0 radical (unpaired) electrons. The van der Waals surface area contributed by atoms with Gasteiger partial charge < -0.3 is 8.98 Å². The number of hydrogen-bond acceptors (Lipinski definition) is 4. The quantitative estimate of drug-likeness (QED) is 0.172. The van der Waals surface area contributed by atoms with Gasteiger partial charge in [-0.15, -0.1) is 0 Å². The van der Waals surface area contributed by atoms with Gasteiger partial charge in [-0.05, 0) is 76.9 Å². The molecule has 5 heteroatoms. The van der Waals surface area contributed by atoms with Crippen LogP contribution in [0.25, 0.3) is 106 Å². The van der Waals surface area contributed by atoms with Crippen LogP contribution in [0.4, 0.5) is 0 Å². The predicted molar refractivity (Wildman–Crippen MR) is 229 cm³/mol. The molecule has 0 bridgehead atoms. The predicted octanol–water partition coefficient (Wildman–Crippen LogP) is 13.2. The van der Waals surface area contributed by atoms with Gasteiger partial charge in [0.1, 0.15) is 11.2 Å². The Kier molecular flexibility index (Phi) is 7.42. The van der Waals surface area contributed by atoms with Crippen molar-refractivity contribution in [2.75, 3.05) is 0 Å². The maximum Gasteiger partial charge on any atom is 0.167 e. The Hall–Kier alpha value is -7.63. The topological polar surface area (TPSA) is 56.7 Å². The standard InChI is InChI=1S/C51H32N4O/c1-5-14-33(15-6-1)36-24-27-45-42(30-36)43-31-37(25-28-46(43)55(45)39-20-11-4-12-21-39)38-26-29-47-44(32-38)40-22-13-23-41(48(40)56-47)51-53-49(34-16-7-2-8-17-34)52-50(54-51)35-18-9-3-10-19-35/h1-32H. The summed E-state index contributed by atoms with van der Waals surface area (Å²) in [6.07, 6.45) is 0. The molecule has 0 fully saturated rings. The fourth-order valence-corrected chi connectivity index (χ4v) is 7.95. The summed E-state index contributed by atoms with van der Waals surface area (Å²) in [6, 6.07) is 67.6. The van der Waals surface area contributed by atoms with E-state index >= 15 is 0 Å². The van der Waals surface area contributed by atoms with E-state index in [0.29, 0.717) is 17.5 Å². The Balaban J connectivity index is 1.07. The first-order valence-corrected chi connectivity index (χ1v) is 18.8. The molecule has 0 amide bonds. The van der Waals surface area contributed by atoms with E-state index in [9.17, 15) is 0 Å². The molecule has 56 heavy (non-hydrogen) atoms. The van der Waals surface area contributed by atoms with Gasteiger partial charge in [-0.3, -0.25) is 0 Å². The zero-order valence-electron chi connectivity index (χ0n) is 30.2. The Morgan fingerprint density at radius 1 is 0.339 bits per heavy atom. The van der Waals surface area contributed by atoms with Crippen LogP contribution >= 0.6 is 0 Å². The van der Waals surface area contributed by atoms with E-state index in [1.807, 2.05) is 66.7 Å². The maximum absolute atomic E-state index is 6.65. The third-order valence-corrected chi connectivity index (χ3v) is 10.7. The number of fused-ring (bicyclic) bond motifs is 6. The van der Waals surface area contributed by atoms with Crippen LogP contribution in [0, 0.1) is 0 Å². The summed E-state index contributed by atoms with van der Waals surface area (Å²) >= 11 is 0. The van der Waals surface area contributed by atoms with Crippen LogP contribution in [-0.2, 0) is 0 Å². The van der Waals surface area contributed by atoms with Crippen molar-refractivity contribution in [2.24, 2.45) is 0 Å². The van der Waals surface area contributed by atoms with Crippen LogP contribution in [0.5, 0.6) is 0 Å². The van der Waals surface area contributed by atoms with Crippen molar-refractivity contribution in [2.45, 2.75) is 0 Å². The third-order valence-electron chi connectivity index (χ3n) is 10.7. The lowest BCUT2D eigenvalue weighted by molar-refractivity contribution is 0.669. The van der Waals surface area contributed by atoms with Crippen molar-refractivity contribution in [1.82, 2.24) is 19.5 Å². The van der Waals surface area contributed by atoms with Crippen molar-refractivity contribution < 1.29 is 4.42 Å². The van der Waals surface area contributed by atoms with Crippen LogP contribution in [0.2, 0.25) is 0 Å². The van der Waals surface area contributed by atoms with E-state index in [1.54, 1.807) is 0 Å². The first-order chi connectivity index (χ1) is 27.7. The first kappa shape index (κ1) is 31.9. The van der Waals surface area contributed by atoms with Gasteiger partial charge in [0, 0.05) is 38.4 Å². The Labute approximate surface area is 322 Å². The molecular weight excluding hydrogens is 685 g/mol. The smallest absolute Gasteiger partial charge is 0.167 e. The second kappa shape index (κ2) is 13.0. The van der Waals surface area contributed by atoms with Crippen LogP contribution < -0.4 is 0 Å². The summed E-state index contributed by atoms with van der Waals surface area (Å²) in [7, 11) is 0. The van der Waals surface area contributed by atoms with Crippen molar-refractivity contribution in [3.05, 3.63) is 194 Å². The summed E-state index contributed by atoms with van der Waals surface area (Å²) in [5.41, 5.74) is 12.4. The van der Waals surface area contributed by atoms with Gasteiger partial charge in [0.15, 0.2) is 17.5 Å². The number of benzene rings is 8. The Morgan fingerprint density at radius 3 is 1.41 bits per heavy atom. The second-order valence-corrected chi connectivity index (χ2v) is 14.0. The number of aromatic nitrogens is 4. The fourth-order valence-electron chi connectivity index (χ4n) is 7.95. The zero-order chi connectivity index (χ0) is 37.0. The average Bonchev–Trinajstić information content (AvgIpc) is 3.82. The maximum atomic E-state index is 6.65. The Bertz CT molecular complexity index is 3170. The van der Waals surface area contributed by atoms with E-state index in [2.05, 4.69) is 132 Å². The van der Waals surface area contributed by atoms with Gasteiger partial charge in [0.05, 0.1) is 16.6 Å². The van der Waals surface area contributed by atoms with Crippen LogP contribution in [0.15, 0.2) is 199 Å². The van der Waals surface area contributed by atoms with E-state index in [-0.39, 0.29) is 0 Å². The molecule has 262 valence electrons. The van der Waals surface area contributed by atoms with Gasteiger partial charge in [0.2, 0.25) is 0 Å². The molecule has 0 spiro atoms. The SMILES string of the molecule is c1ccc(-c2ccc3c(c2)c2cc(-c4ccc5oc6c(-c7nc(-c8ccccc8)nc(-c8ccccc8)n7)cccc6c5c4)ccc2n3-c2ccccc2)cc1. The van der Waals surface area contributed by atoms with E-state index in [0.717, 1.165) is 55.4 Å². The molecule has 5 nitrogen and oxygen atoms in total. The lowest BCUT2D eigenvalue weighted by atomic mass is 9.99. The van der Waals surface area contributed by atoms with Crippen LogP contribution in [-0.4, -0.2) is 19.5 Å². The molecule has 0 aliphatic rings.